The van der Waals surface area contributed by atoms with E-state index in [0.29, 0.717) is 0 Å². The molecule has 0 bridgehead atoms. The van der Waals surface area contributed by atoms with Gasteiger partial charge in [0.25, 0.3) is 0 Å². The highest BCUT2D eigenvalue weighted by atomic mass is 16.2. The fourth-order valence-corrected chi connectivity index (χ4v) is 2.39. The molecule has 0 spiro atoms. The lowest BCUT2D eigenvalue weighted by molar-refractivity contribution is 0.247. The smallest absolute Gasteiger partial charge is 0.319 e. The third-order valence-electron chi connectivity index (χ3n) is 3.62. The van der Waals surface area contributed by atoms with Gasteiger partial charge in [-0.2, -0.15) is 0 Å². The van der Waals surface area contributed by atoms with E-state index in [0.717, 1.165) is 31.5 Å². The second kappa shape index (κ2) is 9.40. The number of carbonyl (C=O) groups is 1. The van der Waals surface area contributed by atoms with Gasteiger partial charge in [0.2, 0.25) is 0 Å². The van der Waals surface area contributed by atoms with Crippen LogP contribution in [0.4, 0.5) is 10.5 Å². The Morgan fingerprint density at radius 1 is 1.24 bits per heavy atom. The molecule has 0 aliphatic heterocycles. The molecular weight excluding hydrogens is 262 g/mol. The lowest BCUT2D eigenvalue weighted by atomic mass is 10.1. The maximum atomic E-state index is 12.0. The van der Waals surface area contributed by atoms with Crippen LogP contribution in [0.25, 0.3) is 0 Å². The summed E-state index contributed by atoms with van der Waals surface area (Å²) in [6.07, 6.45) is 3.05. The van der Waals surface area contributed by atoms with Crippen molar-refractivity contribution in [3.8, 4) is 0 Å². The Kier molecular flexibility index (Phi) is 7.83. The number of rotatable bonds is 8. The number of hydrogen-bond donors (Lipinski definition) is 3. The molecule has 2 amide bonds. The quantitative estimate of drug-likeness (QED) is 0.676. The second-order valence-electron chi connectivity index (χ2n) is 5.40. The molecule has 0 aliphatic rings. The minimum absolute atomic E-state index is 0.122. The van der Waals surface area contributed by atoms with Crippen molar-refractivity contribution >= 4 is 11.7 Å². The summed E-state index contributed by atoms with van der Waals surface area (Å²) in [4.78, 5) is 12.0. The van der Waals surface area contributed by atoms with Crippen LogP contribution in [0, 0.1) is 0 Å². The highest BCUT2D eigenvalue weighted by Crippen LogP contribution is 2.17. The van der Waals surface area contributed by atoms with E-state index < -0.39 is 0 Å². The number of carbonyl (C=O) groups excluding carboxylic acids is 1. The van der Waals surface area contributed by atoms with E-state index in [9.17, 15) is 4.79 Å². The number of nitrogens with one attached hydrogen (secondary N) is 3. The van der Waals surface area contributed by atoms with E-state index in [-0.39, 0.29) is 18.1 Å². The van der Waals surface area contributed by atoms with Gasteiger partial charge in [-0.3, -0.25) is 0 Å². The Bertz CT molecular complexity index is 434. The van der Waals surface area contributed by atoms with Crippen molar-refractivity contribution in [2.45, 2.75) is 59.0 Å². The summed E-state index contributed by atoms with van der Waals surface area (Å²) in [7, 11) is 0. The summed E-state index contributed by atoms with van der Waals surface area (Å²) < 4.78 is 0. The third kappa shape index (κ3) is 6.17. The monoisotopic (exact) mass is 291 g/mol. The van der Waals surface area contributed by atoms with Crippen LogP contribution in [0.1, 0.15) is 58.6 Å². The predicted molar refractivity (Wildman–Crippen MR) is 89.7 cm³/mol. The summed E-state index contributed by atoms with van der Waals surface area (Å²) in [5, 5.41) is 9.32. The molecule has 3 N–H and O–H groups in total. The van der Waals surface area contributed by atoms with Crippen LogP contribution < -0.4 is 16.0 Å². The Balaban J connectivity index is 2.61. The van der Waals surface area contributed by atoms with Crippen LogP contribution >= 0.6 is 0 Å². The van der Waals surface area contributed by atoms with E-state index in [1.165, 1.54) is 5.56 Å². The summed E-state index contributed by atoms with van der Waals surface area (Å²) in [6, 6.07) is 8.39. The maximum absolute atomic E-state index is 12.0. The molecule has 2 unspecified atom stereocenters. The van der Waals surface area contributed by atoms with Crippen molar-refractivity contribution in [1.82, 2.24) is 10.6 Å². The van der Waals surface area contributed by atoms with E-state index >= 15 is 0 Å². The first kappa shape index (κ1) is 17.5. The number of amides is 2. The van der Waals surface area contributed by atoms with Gasteiger partial charge in [-0.15, -0.1) is 0 Å². The van der Waals surface area contributed by atoms with Gasteiger partial charge in [0, 0.05) is 17.8 Å². The zero-order valence-electron chi connectivity index (χ0n) is 13.7. The summed E-state index contributed by atoms with van der Waals surface area (Å²) in [5.41, 5.74) is 2.01. The fourth-order valence-electron chi connectivity index (χ4n) is 2.39. The van der Waals surface area contributed by atoms with Crippen LogP contribution in [-0.2, 0) is 0 Å². The Labute approximate surface area is 128 Å². The molecule has 21 heavy (non-hydrogen) atoms. The van der Waals surface area contributed by atoms with Gasteiger partial charge in [0.1, 0.15) is 0 Å². The average Bonchev–Trinajstić information content (AvgIpc) is 2.47. The standard InChI is InChI=1S/C17H29N3O/c1-5-9-15(6-2)19-17(21)20-16-11-8-10-14(12-16)13(4)18-7-3/h8,10-13,15,18H,5-7,9H2,1-4H3,(H2,19,20,21). The first-order chi connectivity index (χ1) is 10.1. The van der Waals surface area contributed by atoms with Gasteiger partial charge in [-0.25, -0.2) is 4.79 Å². The Hall–Kier alpha value is -1.55. The first-order valence-corrected chi connectivity index (χ1v) is 8.01. The molecule has 4 nitrogen and oxygen atoms in total. The van der Waals surface area contributed by atoms with Crippen molar-refractivity contribution in [1.29, 1.82) is 0 Å². The maximum Gasteiger partial charge on any atom is 0.319 e. The van der Waals surface area contributed by atoms with E-state index in [4.69, 9.17) is 0 Å². The van der Waals surface area contributed by atoms with Crippen LogP contribution in [-0.4, -0.2) is 18.6 Å². The largest absolute Gasteiger partial charge is 0.335 e. The van der Waals surface area contributed by atoms with Crippen molar-refractivity contribution in [3.63, 3.8) is 0 Å². The summed E-state index contributed by atoms with van der Waals surface area (Å²) in [6.45, 7) is 9.36. The molecule has 4 heteroatoms. The van der Waals surface area contributed by atoms with Crippen molar-refractivity contribution in [2.75, 3.05) is 11.9 Å². The molecule has 1 rings (SSSR count). The van der Waals surface area contributed by atoms with Crippen molar-refractivity contribution < 1.29 is 4.79 Å². The predicted octanol–water partition coefficient (Wildman–Crippen LogP) is 4.06. The zero-order chi connectivity index (χ0) is 15.7. The normalized spacial score (nSPS) is 13.5. The molecule has 0 radical (unpaired) electrons. The van der Waals surface area contributed by atoms with Crippen LogP contribution in [0.5, 0.6) is 0 Å². The number of urea groups is 1. The van der Waals surface area contributed by atoms with Crippen LogP contribution in [0.3, 0.4) is 0 Å². The first-order valence-electron chi connectivity index (χ1n) is 8.01. The number of hydrogen-bond acceptors (Lipinski definition) is 2. The van der Waals surface area contributed by atoms with Crippen LogP contribution in [0.2, 0.25) is 0 Å². The lowest BCUT2D eigenvalue weighted by Gasteiger charge is -2.18. The summed E-state index contributed by atoms with van der Waals surface area (Å²) >= 11 is 0. The van der Waals surface area contributed by atoms with Crippen LogP contribution in [0.15, 0.2) is 24.3 Å². The second-order valence-corrected chi connectivity index (χ2v) is 5.40. The van der Waals surface area contributed by atoms with Crippen molar-refractivity contribution in [3.05, 3.63) is 29.8 Å². The molecule has 1 aromatic rings. The number of benzene rings is 1. The molecule has 0 fully saturated rings. The Morgan fingerprint density at radius 2 is 2.00 bits per heavy atom. The minimum atomic E-state index is -0.122. The molecule has 0 saturated carbocycles. The van der Waals surface area contributed by atoms with E-state index in [1.807, 2.05) is 18.2 Å². The molecular formula is C17H29N3O. The molecule has 0 aliphatic carbocycles. The highest BCUT2D eigenvalue weighted by molar-refractivity contribution is 5.89. The topological polar surface area (TPSA) is 53.2 Å². The SMILES string of the molecule is CCCC(CC)NC(=O)Nc1cccc(C(C)NCC)c1. The molecule has 118 valence electrons. The van der Waals surface area contributed by atoms with Gasteiger partial charge in [0.05, 0.1) is 0 Å². The average molecular weight is 291 g/mol. The molecule has 0 aromatic heterocycles. The number of anilines is 1. The van der Waals surface area contributed by atoms with Gasteiger partial charge in [0.15, 0.2) is 0 Å². The van der Waals surface area contributed by atoms with Gasteiger partial charge >= 0.3 is 6.03 Å². The molecule has 2 atom stereocenters. The highest BCUT2D eigenvalue weighted by Gasteiger charge is 2.10. The van der Waals surface area contributed by atoms with Crippen molar-refractivity contribution in [2.24, 2.45) is 0 Å². The van der Waals surface area contributed by atoms with Gasteiger partial charge in [-0.1, -0.05) is 39.3 Å². The molecule has 1 aromatic carbocycles. The fraction of sp³-hybridized carbons (Fsp3) is 0.588. The summed E-state index contributed by atoms with van der Waals surface area (Å²) in [5.74, 6) is 0. The van der Waals surface area contributed by atoms with E-state index in [1.54, 1.807) is 0 Å². The van der Waals surface area contributed by atoms with Gasteiger partial charge < -0.3 is 16.0 Å². The minimum Gasteiger partial charge on any atom is -0.335 e. The lowest BCUT2D eigenvalue weighted by Crippen LogP contribution is -2.37. The van der Waals surface area contributed by atoms with E-state index in [2.05, 4.69) is 49.7 Å². The zero-order valence-corrected chi connectivity index (χ0v) is 13.7. The molecule has 0 heterocycles. The Morgan fingerprint density at radius 3 is 2.62 bits per heavy atom. The van der Waals surface area contributed by atoms with Gasteiger partial charge in [-0.05, 0) is 44.0 Å². The third-order valence-corrected chi connectivity index (χ3v) is 3.62. The molecule has 0 saturated heterocycles.